The van der Waals surface area contributed by atoms with Crippen LogP contribution in [0.3, 0.4) is 0 Å². The number of rotatable bonds is 7. The molecular formula is C25H26ClN5O3. The van der Waals surface area contributed by atoms with Gasteiger partial charge < -0.3 is 15.4 Å². The largest absolute Gasteiger partial charge is 0.463 e. The van der Waals surface area contributed by atoms with E-state index in [1.54, 1.807) is 25.1 Å². The maximum absolute atomic E-state index is 12.9. The molecule has 0 saturated carbocycles. The lowest BCUT2D eigenvalue weighted by atomic mass is 10.1. The molecule has 1 aromatic heterocycles. The van der Waals surface area contributed by atoms with Crippen molar-refractivity contribution in [1.82, 2.24) is 19.8 Å². The Morgan fingerprint density at radius 3 is 2.71 bits per heavy atom. The molecule has 2 heterocycles. The number of hydrogen-bond donors (Lipinski definition) is 1. The number of halogens is 1. The van der Waals surface area contributed by atoms with Crippen molar-refractivity contribution in [3.05, 3.63) is 70.5 Å². The van der Waals surface area contributed by atoms with Gasteiger partial charge in [0, 0.05) is 36.6 Å². The average molecular weight is 480 g/mol. The molecule has 0 bridgehead atoms. The van der Waals surface area contributed by atoms with Crippen LogP contribution >= 0.6 is 11.6 Å². The van der Waals surface area contributed by atoms with Crippen molar-refractivity contribution in [2.24, 2.45) is 0 Å². The van der Waals surface area contributed by atoms with Crippen molar-refractivity contribution in [2.45, 2.75) is 13.5 Å². The molecule has 0 unspecified atom stereocenters. The van der Waals surface area contributed by atoms with E-state index in [1.807, 2.05) is 40.1 Å². The zero-order valence-corrected chi connectivity index (χ0v) is 19.7. The smallest absolute Gasteiger partial charge is 0.335 e. The van der Waals surface area contributed by atoms with Gasteiger partial charge in [0.25, 0.3) is 0 Å². The minimum atomic E-state index is -0.384. The molecule has 0 spiro atoms. The van der Waals surface area contributed by atoms with Crippen LogP contribution in [-0.4, -0.2) is 64.4 Å². The number of hydrogen-bond acceptors (Lipinski definition) is 7. The molecule has 9 heteroatoms. The summed E-state index contributed by atoms with van der Waals surface area (Å²) in [5, 5.41) is 1.42. The standard InChI is InChI=1S/C25H26ClN5O3/c1-2-34-25(33)19(11-17-3-6-20(26)7-4-17)14-30-9-10-31(23(32)15-30)13-18-5-8-21-22(12-18)28-16-29-24(21)27/h3-8,11-12,16H,2,9-10,13-15H2,1H3,(H2,27,28,29)/b19-11-. The Bertz CT molecular complexity index is 1230. The SMILES string of the molecule is CCOC(=O)/C(=C\c1ccc(Cl)cc1)CN1CCN(Cc2ccc3c(N)ncnc3c2)C(=O)C1. The van der Waals surface area contributed by atoms with Crippen LogP contribution in [0, 0.1) is 0 Å². The van der Waals surface area contributed by atoms with E-state index in [0.29, 0.717) is 42.6 Å². The van der Waals surface area contributed by atoms with Crippen molar-refractivity contribution in [3.63, 3.8) is 0 Å². The van der Waals surface area contributed by atoms with Gasteiger partial charge in [-0.05, 0) is 48.4 Å². The molecule has 176 valence electrons. The summed E-state index contributed by atoms with van der Waals surface area (Å²) < 4.78 is 5.24. The van der Waals surface area contributed by atoms with Gasteiger partial charge >= 0.3 is 5.97 Å². The fourth-order valence-electron chi connectivity index (χ4n) is 3.90. The molecule has 1 amide bonds. The molecule has 0 atom stereocenters. The molecule has 1 saturated heterocycles. The first-order valence-corrected chi connectivity index (χ1v) is 11.4. The van der Waals surface area contributed by atoms with Crippen LogP contribution in [0.25, 0.3) is 17.0 Å². The maximum Gasteiger partial charge on any atom is 0.335 e. The molecule has 0 aliphatic carbocycles. The molecule has 34 heavy (non-hydrogen) atoms. The van der Waals surface area contributed by atoms with Crippen molar-refractivity contribution >= 4 is 46.3 Å². The predicted octanol–water partition coefficient (Wildman–Crippen LogP) is 3.16. The Labute approximate surface area is 203 Å². The van der Waals surface area contributed by atoms with Crippen LogP contribution in [0.5, 0.6) is 0 Å². The first-order chi connectivity index (χ1) is 16.4. The van der Waals surface area contributed by atoms with Crippen LogP contribution in [0.4, 0.5) is 5.82 Å². The lowest BCUT2D eigenvalue weighted by Crippen LogP contribution is -2.50. The summed E-state index contributed by atoms with van der Waals surface area (Å²) >= 11 is 5.96. The fourth-order valence-corrected chi connectivity index (χ4v) is 4.02. The number of nitrogens with zero attached hydrogens (tertiary/aromatic N) is 4. The number of carbonyl (C=O) groups excluding carboxylic acids is 2. The van der Waals surface area contributed by atoms with Gasteiger partial charge in [0.05, 0.1) is 24.2 Å². The summed E-state index contributed by atoms with van der Waals surface area (Å²) in [7, 11) is 0. The highest BCUT2D eigenvalue weighted by molar-refractivity contribution is 6.30. The molecule has 3 aromatic rings. The number of fused-ring (bicyclic) bond motifs is 1. The van der Waals surface area contributed by atoms with Crippen molar-refractivity contribution < 1.29 is 14.3 Å². The summed E-state index contributed by atoms with van der Waals surface area (Å²) in [6.45, 7) is 4.29. The predicted molar refractivity (Wildman–Crippen MR) is 132 cm³/mol. The Morgan fingerprint density at radius 2 is 1.97 bits per heavy atom. The minimum absolute atomic E-state index is 0.00301. The number of ether oxygens (including phenoxy) is 1. The number of nitrogens with two attached hydrogens (primary N) is 1. The maximum atomic E-state index is 12.9. The van der Waals surface area contributed by atoms with Crippen LogP contribution in [0.1, 0.15) is 18.1 Å². The van der Waals surface area contributed by atoms with E-state index in [-0.39, 0.29) is 25.0 Å². The number of piperazine rings is 1. The highest BCUT2D eigenvalue weighted by Crippen LogP contribution is 2.20. The Hall–Kier alpha value is -3.49. The van der Waals surface area contributed by atoms with Gasteiger partial charge in [0.1, 0.15) is 12.1 Å². The second-order valence-electron chi connectivity index (χ2n) is 8.08. The number of carbonyl (C=O) groups is 2. The van der Waals surface area contributed by atoms with Crippen LogP contribution in [0.2, 0.25) is 5.02 Å². The van der Waals surface area contributed by atoms with E-state index in [2.05, 4.69) is 9.97 Å². The monoisotopic (exact) mass is 479 g/mol. The molecule has 2 N–H and O–H groups in total. The van der Waals surface area contributed by atoms with E-state index >= 15 is 0 Å². The number of esters is 1. The van der Waals surface area contributed by atoms with Gasteiger partial charge in [-0.2, -0.15) is 0 Å². The van der Waals surface area contributed by atoms with E-state index in [1.165, 1.54) is 6.33 Å². The van der Waals surface area contributed by atoms with Gasteiger partial charge in [-0.25, -0.2) is 14.8 Å². The molecule has 1 aliphatic heterocycles. The molecular weight excluding hydrogens is 454 g/mol. The van der Waals surface area contributed by atoms with Crippen LogP contribution in [-0.2, 0) is 20.9 Å². The number of benzene rings is 2. The first-order valence-electron chi connectivity index (χ1n) is 11.1. The quantitative estimate of drug-likeness (QED) is 0.410. The van der Waals surface area contributed by atoms with Gasteiger partial charge in [-0.3, -0.25) is 9.69 Å². The van der Waals surface area contributed by atoms with Crippen molar-refractivity contribution in [2.75, 3.05) is 38.5 Å². The van der Waals surface area contributed by atoms with Crippen molar-refractivity contribution in [1.29, 1.82) is 0 Å². The third-order valence-electron chi connectivity index (χ3n) is 5.65. The zero-order valence-electron chi connectivity index (χ0n) is 18.9. The van der Waals surface area contributed by atoms with Gasteiger partial charge in [-0.15, -0.1) is 0 Å². The summed E-state index contributed by atoms with van der Waals surface area (Å²) in [4.78, 5) is 37.5. The molecule has 2 aromatic carbocycles. The van der Waals surface area contributed by atoms with Crippen LogP contribution < -0.4 is 5.73 Å². The fraction of sp³-hybridized carbons (Fsp3) is 0.280. The summed E-state index contributed by atoms with van der Waals surface area (Å²) in [5.41, 5.74) is 8.97. The summed E-state index contributed by atoms with van der Waals surface area (Å²) in [5.74, 6) is 0.0540. The Morgan fingerprint density at radius 1 is 1.18 bits per heavy atom. The zero-order chi connectivity index (χ0) is 24.1. The molecule has 8 nitrogen and oxygen atoms in total. The van der Waals surface area contributed by atoms with Gasteiger partial charge in [-0.1, -0.05) is 29.8 Å². The molecule has 4 rings (SSSR count). The number of nitrogen functional groups attached to an aromatic ring is 1. The third kappa shape index (κ3) is 5.70. The first kappa shape index (κ1) is 23.7. The molecule has 0 radical (unpaired) electrons. The van der Waals surface area contributed by atoms with E-state index in [9.17, 15) is 9.59 Å². The van der Waals surface area contributed by atoms with Crippen molar-refractivity contribution in [3.8, 4) is 0 Å². The Kier molecular flexibility index (Phi) is 7.40. The van der Waals surface area contributed by atoms with E-state index in [4.69, 9.17) is 22.1 Å². The highest BCUT2D eigenvalue weighted by atomic mass is 35.5. The number of anilines is 1. The normalized spacial score (nSPS) is 15.1. The number of amides is 1. The van der Waals surface area contributed by atoms with Gasteiger partial charge in [0.2, 0.25) is 5.91 Å². The average Bonchev–Trinajstić information content (AvgIpc) is 2.82. The summed E-state index contributed by atoms with van der Waals surface area (Å²) in [6, 6.07) is 13.0. The topological polar surface area (TPSA) is 102 Å². The molecule has 1 aliphatic rings. The lowest BCUT2D eigenvalue weighted by Gasteiger charge is -2.34. The third-order valence-corrected chi connectivity index (χ3v) is 5.90. The highest BCUT2D eigenvalue weighted by Gasteiger charge is 2.26. The summed E-state index contributed by atoms with van der Waals surface area (Å²) in [6.07, 6.45) is 3.22. The minimum Gasteiger partial charge on any atom is -0.463 e. The Balaban J connectivity index is 1.42. The lowest BCUT2D eigenvalue weighted by molar-refractivity contribution is -0.140. The van der Waals surface area contributed by atoms with E-state index in [0.717, 1.165) is 22.0 Å². The second-order valence-corrected chi connectivity index (χ2v) is 8.51. The van der Waals surface area contributed by atoms with E-state index < -0.39 is 0 Å². The van der Waals surface area contributed by atoms with Crippen LogP contribution in [0.15, 0.2) is 54.4 Å². The number of aromatic nitrogens is 2. The van der Waals surface area contributed by atoms with Gasteiger partial charge in [0.15, 0.2) is 0 Å². The second kappa shape index (κ2) is 10.6. The molecule has 1 fully saturated rings.